The molecule has 0 aliphatic heterocycles. The topological polar surface area (TPSA) is 151 Å². The molecule has 1 aromatic heterocycles. The predicted molar refractivity (Wildman–Crippen MR) is 102 cm³/mol. The largest absolute Gasteiger partial charge is 0.478 e. The van der Waals surface area contributed by atoms with Gasteiger partial charge in [-0.2, -0.15) is 25.8 Å². The number of alkyl halides is 3. The van der Waals surface area contributed by atoms with Gasteiger partial charge in [-0.1, -0.05) is 11.8 Å². The second kappa shape index (κ2) is 13.7. The summed E-state index contributed by atoms with van der Waals surface area (Å²) in [7, 11) is 0. The van der Waals surface area contributed by atoms with Crippen LogP contribution in [0.2, 0.25) is 0 Å². The summed E-state index contributed by atoms with van der Waals surface area (Å²) in [5.74, 6) is -0.976. The van der Waals surface area contributed by atoms with E-state index in [1.54, 1.807) is 0 Å². The summed E-state index contributed by atoms with van der Waals surface area (Å²) in [6.45, 7) is -1.33. The van der Waals surface area contributed by atoms with Crippen LogP contribution in [-0.2, 0) is 9.59 Å². The van der Waals surface area contributed by atoms with Crippen LogP contribution < -0.4 is 11.1 Å². The van der Waals surface area contributed by atoms with Gasteiger partial charge in [-0.3, -0.25) is 0 Å². The molecule has 0 aliphatic rings. The van der Waals surface area contributed by atoms with Crippen LogP contribution in [0.3, 0.4) is 0 Å². The lowest BCUT2D eigenvalue weighted by Gasteiger charge is -2.07. The molecule has 0 fully saturated rings. The molecule has 0 aromatic carbocycles. The van der Waals surface area contributed by atoms with Gasteiger partial charge in [-0.25, -0.2) is 24.5 Å². The third kappa shape index (κ3) is 15.7. The number of nitrogens with zero attached hydrogens (tertiary/aromatic N) is 3. The smallest absolute Gasteiger partial charge is 0.408 e. The highest BCUT2D eigenvalue weighted by molar-refractivity contribution is 7.99. The first-order valence-electron chi connectivity index (χ1n) is 7.38. The molecule has 156 valence electrons. The number of guanidine groups is 1. The number of aliphatic imine (C=N–C) groups is 1. The van der Waals surface area contributed by atoms with Crippen molar-refractivity contribution in [3.8, 4) is 0 Å². The highest BCUT2D eigenvalue weighted by Gasteiger charge is 2.26. The number of carbonyl (C=O) groups is 2. The maximum atomic E-state index is 12.0. The van der Waals surface area contributed by atoms with E-state index in [4.69, 9.17) is 15.9 Å². The number of nitrogens with two attached hydrogens (primary N) is 1. The summed E-state index contributed by atoms with van der Waals surface area (Å²) in [6.07, 6.45) is -0.865. The Morgan fingerprint density at radius 2 is 1.93 bits per heavy atom. The van der Waals surface area contributed by atoms with Crippen molar-refractivity contribution in [2.75, 3.05) is 23.4 Å². The normalized spacial score (nSPS) is 11.6. The lowest BCUT2D eigenvalue weighted by molar-refractivity contribution is -0.134. The lowest BCUT2D eigenvalue weighted by atomic mass is 10.5. The summed E-state index contributed by atoms with van der Waals surface area (Å²) in [5, 5.41) is 18.6. The molecule has 0 radical (unpaired) electrons. The average molecular weight is 441 g/mol. The molecule has 5 N–H and O–H groups in total. The monoisotopic (exact) mass is 441 g/mol. The number of carboxylic acid groups (broad SMARTS) is 2. The van der Waals surface area contributed by atoms with E-state index in [9.17, 15) is 22.8 Å². The van der Waals surface area contributed by atoms with Gasteiger partial charge in [-0.05, 0) is 18.2 Å². The number of halogens is 3. The zero-order valence-electron chi connectivity index (χ0n) is 14.3. The maximum absolute atomic E-state index is 12.0. The molecule has 9 nitrogen and oxygen atoms in total. The van der Waals surface area contributed by atoms with E-state index in [0.717, 1.165) is 17.9 Å². The summed E-state index contributed by atoms with van der Waals surface area (Å²) in [5.41, 5.74) is 5.35. The van der Waals surface area contributed by atoms with E-state index in [1.165, 1.54) is 24.0 Å². The minimum atomic E-state index is -4.38. The van der Waals surface area contributed by atoms with E-state index in [-0.39, 0.29) is 5.96 Å². The Morgan fingerprint density at radius 3 is 2.43 bits per heavy atom. The molecule has 14 heteroatoms. The Balaban J connectivity index is 0.000000769. The van der Waals surface area contributed by atoms with Gasteiger partial charge < -0.3 is 21.3 Å². The van der Waals surface area contributed by atoms with Crippen molar-refractivity contribution in [3.05, 3.63) is 24.4 Å². The average Bonchev–Trinajstić information content (AvgIpc) is 2.59. The molecule has 0 bridgehead atoms. The number of rotatable bonds is 8. The van der Waals surface area contributed by atoms with Crippen LogP contribution in [0.15, 0.2) is 34.6 Å². The first-order chi connectivity index (χ1) is 13.0. The third-order valence-corrected chi connectivity index (χ3v) is 3.48. The van der Waals surface area contributed by atoms with E-state index < -0.39 is 24.7 Å². The molecule has 0 saturated heterocycles. The molecule has 0 spiro atoms. The summed E-state index contributed by atoms with van der Waals surface area (Å²) in [4.78, 5) is 30.4. The Bertz CT molecular complexity index is 686. The Morgan fingerprint density at radius 1 is 1.32 bits per heavy atom. The quantitative estimate of drug-likeness (QED) is 0.0775. The molecular formula is C14H18F3N5O4S2. The van der Waals surface area contributed by atoms with E-state index in [1.807, 2.05) is 0 Å². The van der Waals surface area contributed by atoms with Gasteiger partial charge in [0.2, 0.25) is 0 Å². The second-order valence-electron chi connectivity index (χ2n) is 4.60. The number of thioether (sulfide) groups is 1. The minimum absolute atomic E-state index is 0.303. The number of anilines is 1. The van der Waals surface area contributed by atoms with Crippen molar-refractivity contribution in [2.45, 2.75) is 17.8 Å². The van der Waals surface area contributed by atoms with Crippen molar-refractivity contribution in [1.29, 1.82) is 0 Å². The van der Waals surface area contributed by atoms with E-state index in [0.29, 0.717) is 23.1 Å². The van der Waals surface area contributed by atoms with Gasteiger partial charge in [0.05, 0.1) is 0 Å². The number of carboxylic acids is 2. The number of hydrogen-bond donors (Lipinski definition) is 5. The van der Waals surface area contributed by atoms with Crippen LogP contribution in [0.4, 0.5) is 19.0 Å². The van der Waals surface area contributed by atoms with Crippen molar-refractivity contribution in [2.24, 2.45) is 10.7 Å². The standard InChI is InChI=1S/C10H14F3N5S2.C4H4O4/c11-10(12,13)6-16-8(14)17-7-2-3-15-9(18-7)20-5-1-4-19;5-3(6)1-2-4(7)8/h2-3,19H,1,4-6H2,(H3,14,15,16,17,18);1-2H,(H,5,6)(H,7,8). The fourth-order valence-corrected chi connectivity index (χ4v) is 2.34. The van der Waals surface area contributed by atoms with Crippen molar-refractivity contribution in [3.63, 3.8) is 0 Å². The van der Waals surface area contributed by atoms with E-state index >= 15 is 0 Å². The zero-order valence-corrected chi connectivity index (χ0v) is 16.0. The molecular weight excluding hydrogens is 423 g/mol. The molecule has 1 heterocycles. The zero-order chi connectivity index (χ0) is 21.6. The van der Waals surface area contributed by atoms with Gasteiger partial charge in [0.15, 0.2) is 11.1 Å². The number of nitrogens with one attached hydrogen (secondary N) is 1. The Labute approximate surface area is 167 Å². The summed E-state index contributed by atoms with van der Waals surface area (Å²) in [6, 6.07) is 1.50. The molecule has 1 aromatic rings. The van der Waals surface area contributed by atoms with Crippen molar-refractivity contribution < 1.29 is 33.0 Å². The molecule has 0 amide bonds. The van der Waals surface area contributed by atoms with Crippen LogP contribution >= 0.6 is 24.4 Å². The Kier molecular flexibility index (Phi) is 12.4. The maximum Gasteiger partial charge on any atom is 0.408 e. The fourth-order valence-electron chi connectivity index (χ4n) is 1.20. The van der Waals surface area contributed by atoms with Crippen molar-refractivity contribution in [1.82, 2.24) is 9.97 Å². The Hall–Kier alpha value is -2.48. The first-order valence-corrected chi connectivity index (χ1v) is 8.99. The number of thiol groups is 1. The summed E-state index contributed by atoms with van der Waals surface area (Å²) >= 11 is 5.52. The fraction of sp³-hybridized carbons (Fsp3) is 0.357. The van der Waals surface area contributed by atoms with Gasteiger partial charge in [0.25, 0.3) is 0 Å². The van der Waals surface area contributed by atoms with Crippen LogP contribution in [-0.4, -0.2) is 62.3 Å². The molecule has 1 rings (SSSR count). The van der Waals surface area contributed by atoms with Crippen LogP contribution in [0.1, 0.15) is 6.42 Å². The van der Waals surface area contributed by atoms with Crippen molar-refractivity contribution >= 4 is 48.1 Å². The number of aliphatic carboxylic acids is 2. The van der Waals surface area contributed by atoms with E-state index in [2.05, 4.69) is 32.9 Å². The predicted octanol–water partition coefficient (Wildman–Crippen LogP) is 1.89. The summed E-state index contributed by atoms with van der Waals surface area (Å²) < 4.78 is 35.9. The highest BCUT2D eigenvalue weighted by atomic mass is 32.2. The minimum Gasteiger partial charge on any atom is -0.478 e. The van der Waals surface area contributed by atoms with Gasteiger partial charge in [-0.15, -0.1) is 0 Å². The number of hydrogen-bond acceptors (Lipinski definition) is 7. The SMILES string of the molecule is NC(=NCC(F)(F)F)Nc1ccnc(SCCCS)n1.O=C(O)C=CC(=O)O. The molecule has 0 atom stereocenters. The third-order valence-electron chi connectivity index (χ3n) is 2.22. The molecule has 0 unspecified atom stereocenters. The van der Waals surface area contributed by atoms with Gasteiger partial charge in [0.1, 0.15) is 12.4 Å². The molecule has 28 heavy (non-hydrogen) atoms. The number of aromatic nitrogens is 2. The molecule has 0 saturated carbocycles. The second-order valence-corrected chi connectivity index (χ2v) is 6.11. The van der Waals surface area contributed by atoms with Crippen LogP contribution in [0.25, 0.3) is 0 Å². The van der Waals surface area contributed by atoms with Gasteiger partial charge in [0, 0.05) is 24.1 Å². The first kappa shape index (κ1) is 25.5. The highest BCUT2D eigenvalue weighted by Crippen LogP contribution is 2.16. The van der Waals surface area contributed by atoms with Crippen LogP contribution in [0.5, 0.6) is 0 Å². The van der Waals surface area contributed by atoms with Gasteiger partial charge >= 0.3 is 18.1 Å². The van der Waals surface area contributed by atoms with Crippen LogP contribution in [0, 0.1) is 0 Å². The molecule has 0 aliphatic carbocycles. The lowest BCUT2D eigenvalue weighted by Crippen LogP contribution is -2.26.